The summed E-state index contributed by atoms with van der Waals surface area (Å²) in [6.45, 7) is 0. The Hall–Kier alpha value is -3.27. The molecule has 23 heavy (non-hydrogen) atoms. The van der Waals surface area contributed by atoms with Crippen molar-refractivity contribution in [3.63, 3.8) is 0 Å². The lowest BCUT2D eigenvalue weighted by atomic mass is 10.2. The zero-order valence-corrected chi connectivity index (χ0v) is 11.8. The first-order chi connectivity index (χ1) is 11.0. The molecule has 2 N–H and O–H groups in total. The third-order valence-electron chi connectivity index (χ3n) is 2.82. The number of nitriles is 1. The molecule has 2 aromatic carbocycles. The van der Waals surface area contributed by atoms with Crippen LogP contribution in [0.3, 0.4) is 0 Å². The number of hydrogen-bond acceptors (Lipinski definition) is 3. The Morgan fingerprint density at radius 1 is 1.00 bits per heavy atom. The Labute approximate surface area is 130 Å². The molecule has 0 unspecified atom stereocenters. The standard InChI is InChI=1S/C16H11F2N3O2/c17-11-3-6-14(13(18)7-11)21-16(23)8-15(22)20-12-4-1-10(9-19)2-5-12/h1-7H,8H2,(H,20,22)(H,21,23). The molecule has 0 aliphatic carbocycles. The number of halogens is 2. The second-order valence-electron chi connectivity index (χ2n) is 4.59. The topological polar surface area (TPSA) is 82.0 Å². The van der Waals surface area contributed by atoms with Crippen LogP contribution in [0.2, 0.25) is 0 Å². The van der Waals surface area contributed by atoms with E-state index in [1.807, 2.05) is 6.07 Å². The molecular formula is C16H11F2N3O2. The molecule has 0 aromatic heterocycles. The Kier molecular flexibility index (Phi) is 5.00. The third kappa shape index (κ3) is 4.61. The van der Waals surface area contributed by atoms with Crippen LogP contribution in [0.1, 0.15) is 12.0 Å². The maximum absolute atomic E-state index is 13.4. The highest BCUT2D eigenvalue weighted by Gasteiger charge is 2.12. The molecular weight excluding hydrogens is 304 g/mol. The Morgan fingerprint density at radius 2 is 1.65 bits per heavy atom. The van der Waals surface area contributed by atoms with Crippen molar-refractivity contribution in [2.45, 2.75) is 6.42 Å². The number of amides is 2. The van der Waals surface area contributed by atoms with E-state index < -0.39 is 29.9 Å². The highest BCUT2D eigenvalue weighted by atomic mass is 19.1. The monoisotopic (exact) mass is 315 g/mol. The molecule has 0 heterocycles. The molecule has 0 saturated carbocycles. The van der Waals surface area contributed by atoms with Crippen molar-refractivity contribution < 1.29 is 18.4 Å². The van der Waals surface area contributed by atoms with Gasteiger partial charge in [-0.2, -0.15) is 5.26 Å². The summed E-state index contributed by atoms with van der Waals surface area (Å²) >= 11 is 0. The van der Waals surface area contributed by atoms with Crippen LogP contribution >= 0.6 is 0 Å². The van der Waals surface area contributed by atoms with Crippen molar-refractivity contribution in [3.05, 3.63) is 59.7 Å². The molecule has 0 spiro atoms. The Bertz CT molecular complexity index is 783. The summed E-state index contributed by atoms with van der Waals surface area (Å²) in [5, 5.41) is 13.3. The van der Waals surface area contributed by atoms with Gasteiger partial charge in [0.25, 0.3) is 0 Å². The van der Waals surface area contributed by atoms with Gasteiger partial charge in [-0.1, -0.05) is 0 Å². The van der Waals surface area contributed by atoms with E-state index in [0.29, 0.717) is 17.3 Å². The van der Waals surface area contributed by atoms with E-state index >= 15 is 0 Å². The van der Waals surface area contributed by atoms with Gasteiger partial charge in [-0.25, -0.2) is 8.78 Å². The number of anilines is 2. The zero-order chi connectivity index (χ0) is 16.8. The quantitative estimate of drug-likeness (QED) is 0.851. The highest BCUT2D eigenvalue weighted by molar-refractivity contribution is 6.08. The lowest BCUT2D eigenvalue weighted by Gasteiger charge is -2.07. The van der Waals surface area contributed by atoms with E-state index in [9.17, 15) is 18.4 Å². The summed E-state index contributed by atoms with van der Waals surface area (Å²) in [5.74, 6) is -3.03. The van der Waals surface area contributed by atoms with Gasteiger partial charge in [0.15, 0.2) is 0 Å². The van der Waals surface area contributed by atoms with E-state index in [4.69, 9.17) is 5.26 Å². The number of nitrogens with one attached hydrogen (secondary N) is 2. The zero-order valence-electron chi connectivity index (χ0n) is 11.8. The maximum Gasteiger partial charge on any atom is 0.233 e. The fourth-order valence-electron chi connectivity index (χ4n) is 1.76. The first kappa shape index (κ1) is 16.1. The normalized spacial score (nSPS) is 9.78. The fourth-order valence-corrected chi connectivity index (χ4v) is 1.76. The van der Waals surface area contributed by atoms with Crippen LogP contribution < -0.4 is 10.6 Å². The number of carbonyl (C=O) groups is 2. The van der Waals surface area contributed by atoms with Gasteiger partial charge in [-0.05, 0) is 36.4 Å². The second kappa shape index (κ2) is 7.13. The van der Waals surface area contributed by atoms with E-state index in [1.54, 1.807) is 0 Å². The molecule has 0 aliphatic rings. The minimum Gasteiger partial charge on any atom is -0.326 e. The van der Waals surface area contributed by atoms with Gasteiger partial charge in [0, 0.05) is 11.8 Å². The predicted octanol–water partition coefficient (Wildman–Crippen LogP) is 2.80. The van der Waals surface area contributed by atoms with Gasteiger partial charge in [-0.15, -0.1) is 0 Å². The number of rotatable bonds is 4. The van der Waals surface area contributed by atoms with Crippen molar-refractivity contribution in [1.29, 1.82) is 5.26 Å². The Morgan fingerprint density at radius 3 is 2.26 bits per heavy atom. The SMILES string of the molecule is N#Cc1ccc(NC(=O)CC(=O)Nc2ccc(F)cc2F)cc1. The van der Waals surface area contributed by atoms with Gasteiger partial charge in [-0.3, -0.25) is 9.59 Å². The molecule has 2 aromatic rings. The van der Waals surface area contributed by atoms with E-state index in [1.165, 1.54) is 24.3 Å². The number of hydrogen-bond donors (Lipinski definition) is 2. The van der Waals surface area contributed by atoms with Gasteiger partial charge in [0.2, 0.25) is 11.8 Å². The van der Waals surface area contributed by atoms with Crippen LogP contribution in [0.25, 0.3) is 0 Å². The summed E-state index contributed by atoms with van der Waals surface area (Å²) in [4.78, 5) is 23.4. The van der Waals surface area contributed by atoms with Crippen LogP contribution in [0.15, 0.2) is 42.5 Å². The highest BCUT2D eigenvalue weighted by Crippen LogP contribution is 2.15. The molecule has 2 amide bonds. The largest absolute Gasteiger partial charge is 0.326 e. The molecule has 0 aliphatic heterocycles. The van der Waals surface area contributed by atoms with E-state index in [0.717, 1.165) is 12.1 Å². The smallest absolute Gasteiger partial charge is 0.233 e. The van der Waals surface area contributed by atoms with Crippen molar-refractivity contribution >= 4 is 23.2 Å². The number of nitrogens with zero attached hydrogens (tertiary/aromatic N) is 1. The van der Waals surface area contributed by atoms with Gasteiger partial charge in [0.05, 0.1) is 17.3 Å². The predicted molar refractivity (Wildman–Crippen MR) is 79.4 cm³/mol. The van der Waals surface area contributed by atoms with Crippen LogP contribution in [0.4, 0.5) is 20.2 Å². The summed E-state index contributed by atoms with van der Waals surface area (Å²) in [6.07, 6.45) is -0.531. The summed E-state index contributed by atoms with van der Waals surface area (Å²) in [6, 6.07) is 10.7. The summed E-state index contributed by atoms with van der Waals surface area (Å²) in [5.41, 5.74) is 0.657. The fraction of sp³-hybridized carbons (Fsp3) is 0.0625. The number of carbonyl (C=O) groups excluding carboxylic acids is 2. The van der Waals surface area contributed by atoms with Crippen LogP contribution in [-0.4, -0.2) is 11.8 Å². The number of benzene rings is 2. The second-order valence-corrected chi connectivity index (χ2v) is 4.59. The van der Waals surface area contributed by atoms with Crippen molar-refractivity contribution in [2.24, 2.45) is 0 Å². The van der Waals surface area contributed by atoms with Gasteiger partial charge >= 0.3 is 0 Å². The average Bonchev–Trinajstić information content (AvgIpc) is 2.50. The molecule has 0 radical (unpaired) electrons. The molecule has 2 rings (SSSR count). The van der Waals surface area contributed by atoms with Crippen LogP contribution in [0, 0.1) is 23.0 Å². The average molecular weight is 315 g/mol. The van der Waals surface area contributed by atoms with Crippen LogP contribution in [0.5, 0.6) is 0 Å². The lowest BCUT2D eigenvalue weighted by Crippen LogP contribution is -2.21. The van der Waals surface area contributed by atoms with Crippen LogP contribution in [-0.2, 0) is 9.59 Å². The Balaban J connectivity index is 1.91. The van der Waals surface area contributed by atoms with Crippen molar-refractivity contribution in [2.75, 3.05) is 10.6 Å². The molecule has 0 bridgehead atoms. The minimum atomic E-state index is -0.925. The third-order valence-corrected chi connectivity index (χ3v) is 2.82. The molecule has 5 nitrogen and oxygen atoms in total. The molecule has 0 fully saturated rings. The molecule has 0 atom stereocenters. The van der Waals surface area contributed by atoms with E-state index in [2.05, 4.69) is 10.6 Å². The minimum absolute atomic E-state index is 0.206. The van der Waals surface area contributed by atoms with Crippen molar-refractivity contribution in [3.8, 4) is 6.07 Å². The summed E-state index contributed by atoms with van der Waals surface area (Å²) < 4.78 is 26.1. The van der Waals surface area contributed by atoms with E-state index in [-0.39, 0.29) is 5.69 Å². The molecule has 116 valence electrons. The molecule has 7 heteroatoms. The maximum atomic E-state index is 13.4. The first-order valence-electron chi connectivity index (χ1n) is 6.53. The van der Waals surface area contributed by atoms with Gasteiger partial charge < -0.3 is 10.6 Å². The lowest BCUT2D eigenvalue weighted by molar-refractivity contribution is -0.123. The summed E-state index contributed by atoms with van der Waals surface area (Å²) in [7, 11) is 0. The van der Waals surface area contributed by atoms with Gasteiger partial charge in [0.1, 0.15) is 18.1 Å². The first-order valence-corrected chi connectivity index (χ1v) is 6.53. The van der Waals surface area contributed by atoms with Crippen molar-refractivity contribution in [1.82, 2.24) is 0 Å². The molecule has 0 saturated heterocycles.